The van der Waals surface area contributed by atoms with E-state index in [2.05, 4.69) is 0 Å². The summed E-state index contributed by atoms with van der Waals surface area (Å²) in [5.41, 5.74) is -1.10. The second-order valence-electron chi connectivity index (χ2n) is 11.6. The fourth-order valence-electron chi connectivity index (χ4n) is 5.33. The summed E-state index contributed by atoms with van der Waals surface area (Å²) in [7, 11) is 1.34. The minimum absolute atomic E-state index is 0.0124. The summed E-state index contributed by atoms with van der Waals surface area (Å²) in [6.45, 7) is 0. The summed E-state index contributed by atoms with van der Waals surface area (Å²) < 4.78 is 21.3. The van der Waals surface area contributed by atoms with Gasteiger partial charge in [0, 0.05) is 31.8 Å². The monoisotopic (exact) mass is 696 g/mol. The van der Waals surface area contributed by atoms with Crippen molar-refractivity contribution in [1.82, 2.24) is 0 Å². The number of benzene rings is 3. The summed E-state index contributed by atoms with van der Waals surface area (Å²) in [5.74, 6) is -6.15. The van der Waals surface area contributed by atoms with Crippen LogP contribution in [0.2, 0.25) is 0 Å². The van der Waals surface area contributed by atoms with Gasteiger partial charge in [-0.2, -0.15) is 0 Å². The molecule has 4 rings (SSSR count). The van der Waals surface area contributed by atoms with Crippen LogP contribution >= 0.6 is 0 Å². The van der Waals surface area contributed by atoms with Gasteiger partial charge in [0.1, 0.15) is 18.3 Å². The molecule has 0 heterocycles. The average molecular weight is 697 g/mol. The van der Waals surface area contributed by atoms with Crippen LogP contribution in [0.4, 0.5) is 0 Å². The Bertz CT molecular complexity index is 1770. The topological polar surface area (TPSA) is 247 Å². The number of aliphatic carboxylic acids is 1. The Morgan fingerprint density at radius 2 is 1.28 bits per heavy atom. The van der Waals surface area contributed by atoms with Gasteiger partial charge in [0.2, 0.25) is 5.60 Å². The first-order valence-electron chi connectivity index (χ1n) is 15.3. The van der Waals surface area contributed by atoms with Crippen molar-refractivity contribution in [3.05, 3.63) is 77.4 Å². The van der Waals surface area contributed by atoms with Crippen molar-refractivity contribution in [2.45, 2.75) is 62.4 Å². The number of aliphatic hydroxyl groups is 1. The number of methoxy groups -OCH3 is 1. The number of carboxylic acids is 1. The second kappa shape index (κ2) is 16.0. The van der Waals surface area contributed by atoms with E-state index in [1.54, 1.807) is 0 Å². The Labute approximate surface area is 285 Å². The number of esters is 3. The van der Waals surface area contributed by atoms with E-state index in [9.17, 15) is 54.9 Å². The lowest BCUT2D eigenvalue weighted by Crippen LogP contribution is -2.59. The molecular weight excluding hydrogens is 660 g/mol. The fraction of sp³-hybridized carbons (Fsp3) is 0.314. The van der Waals surface area contributed by atoms with Gasteiger partial charge in [-0.05, 0) is 72.0 Å². The molecule has 1 fully saturated rings. The average Bonchev–Trinajstić information content (AvgIpc) is 3.07. The molecule has 4 atom stereocenters. The maximum Gasteiger partial charge on any atom is 0.348 e. The molecule has 0 saturated heterocycles. The molecule has 7 N–H and O–H groups in total. The Hall–Kier alpha value is -5.96. The number of ether oxygens (including phenoxy) is 4. The molecule has 4 unspecified atom stereocenters. The number of phenolic OH excluding ortho intramolecular Hbond substituents is 5. The third-order valence-corrected chi connectivity index (χ3v) is 8.00. The van der Waals surface area contributed by atoms with E-state index in [1.807, 2.05) is 0 Å². The van der Waals surface area contributed by atoms with Crippen molar-refractivity contribution in [2.24, 2.45) is 0 Å². The third kappa shape index (κ3) is 9.35. The largest absolute Gasteiger partial charge is 0.504 e. The van der Waals surface area contributed by atoms with Crippen molar-refractivity contribution in [3.8, 4) is 34.5 Å². The maximum atomic E-state index is 13.0. The SMILES string of the molecule is COc1cc(C=CC(=O)OC2CC(OC(=O)CCc3ccc(O)c(O)c3)(C(=O)O)CC(OC(=O)CCc3ccc(O)c(O)c3)C2O)ccc1O. The van der Waals surface area contributed by atoms with Crippen LogP contribution in [0.3, 0.4) is 0 Å². The highest BCUT2D eigenvalue weighted by Crippen LogP contribution is 2.37. The molecule has 3 aromatic carbocycles. The van der Waals surface area contributed by atoms with E-state index >= 15 is 0 Å². The standard InChI is InChI=1S/C35H36O15/c1-47-27-16-21(4-10-24(27)38)6-12-31(42)49-29-18-35(34(45)46,50-32(43)13-7-20-3-9-23(37)26(40)15-20)17-28(33(29)44)48-30(41)11-5-19-2-8-22(36)25(39)14-19/h2-4,6,8-10,12,14-16,28-29,33,36-40,44H,5,7,11,13,17-18H2,1H3,(H,45,46). The first-order chi connectivity index (χ1) is 23.7. The smallest absolute Gasteiger partial charge is 0.348 e. The van der Waals surface area contributed by atoms with Gasteiger partial charge in [0.25, 0.3) is 0 Å². The fourth-order valence-corrected chi connectivity index (χ4v) is 5.33. The molecule has 0 aromatic heterocycles. The van der Waals surface area contributed by atoms with Crippen LogP contribution in [0, 0.1) is 0 Å². The highest BCUT2D eigenvalue weighted by atomic mass is 16.6. The summed E-state index contributed by atoms with van der Waals surface area (Å²) in [4.78, 5) is 51.4. The van der Waals surface area contributed by atoms with Crippen LogP contribution in [0.1, 0.15) is 42.4 Å². The molecule has 15 heteroatoms. The number of phenols is 5. The number of aromatic hydroxyl groups is 5. The van der Waals surface area contributed by atoms with Crippen LogP contribution in [0.15, 0.2) is 60.7 Å². The van der Waals surface area contributed by atoms with Crippen LogP contribution in [-0.2, 0) is 46.2 Å². The first kappa shape index (κ1) is 36.9. The van der Waals surface area contributed by atoms with Gasteiger partial charge in [0.05, 0.1) is 7.11 Å². The first-order valence-corrected chi connectivity index (χ1v) is 15.3. The number of aliphatic hydroxyl groups excluding tert-OH is 1. The number of hydrogen-bond donors (Lipinski definition) is 7. The van der Waals surface area contributed by atoms with E-state index in [-0.39, 0.29) is 48.7 Å². The third-order valence-electron chi connectivity index (χ3n) is 8.00. The lowest BCUT2D eigenvalue weighted by atomic mass is 9.79. The van der Waals surface area contributed by atoms with Gasteiger partial charge >= 0.3 is 23.9 Å². The number of carboxylic acid groups (broad SMARTS) is 1. The summed E-state index contributed by atoms with van der Waals surface area (Å²) in [6, 6.07) is 12.0. The molecule has 1 aliphatic carbocycles. The molecule has 0 spiro atoms. The number of carbonyl (C=O) groups is 4. The molecule has 3 aromatic rings. The van der Waals surface area contributed by atoms with Crippen molar-refractivity contribution >= 4 is 30.0 Å². The summed E-state index contributed by atoms with van der Waals surface area (Å²) >= 11 is 0. The number of hydrogen-bond acceptors (Lipinski definition) is 14. The van der Waals surface area contributed by atoms with Gasteiger partial charge in [-0.1, -0.05) is 18.2 Å². The van der Waals surface area contributed by atoms with Crippen LogP contribution < -0.4 is 4.74 Å². The van der Waals surface area contributed by atoms with Gasteiger partial charge in [0.15, 0.2) is 34.5 Å². The normalized spacial score (nSPS) is 20.2. The molecular formula is C35H36O15. The van der Waals surface area contributed by atoms with Gasteiger partial charge in [-0.25, -0.2) is 9.59 Å². The van der Waals surface area contributed by atoms with E-state index < -0.39 is 72.1 Å². The molecule has 0 bridgehead atoms. The predicted octanol–water partition coefficient (Wildman–Crippen LogP) is 2.85. The zero-order valence-corrected chi connectivity index (χ0v) is 26.7. The second-order valence-corrected chi connectivity index (χ2v) is 11.6. The molecule has 1 aliphatic rings. The van der Waals surface area contributed by atoms with Crippen LogP contribution in [0.5, 0.6) is 34.5 Å². The summed E-state index contributed by atoms with van der Waals surface area (Å²) in [6.07, 6.45) is -4.76. The van der Waals surface area contributed by atoms with Gasteiger partial charge in [-0.15, -0.1) is 0 Å². The lowest BCUT2D eigenvalue weighted by Gasteiger charge is -2.42. The summed E-state index contributed by atoms with van der Waals surface area (Å²) in [5, 5.41) is 69.8. The van der Waals surface area contributed by atoms with Crippen molar-refractivity contribution < 1.29 is 73.9 Å². The molecule has 0 aliphatic heterocycles. The number of rotatable bonds is 13. The zero-order valence-electron chi connectivity index (χ0n) is 26.7. The molecule has 15 nitrogen and oxygen atoms in total. The Kier molecular flexibility index (Phi) is 11.8. The zero-order chi connectivity index (χ0) is 36.6. The van der Waals surface area contributed by atoms with E-state index in [4.69, 9.17) is 18.9 Å². The van der Waals surface area contributed by atoms with Crippen LogP contribution in [0.25, 0.3) is 6.08 Å². The minimum atomic E-state index is -2.42. The number of carbonyl (C=O) groups excluding carboxylic acids is 3. The molecule has 0 amide bonds. The predicted molar refractivity (Wildman–Crippen MR) is 171 cm³/mol. The van der Waals surface area contributed by atoms with E-state index in [1.165, 1.54) is 67.8 Å². The maximum absolute atomic E-state index is 13.0. The quantitative estimate of drug-likeness (QED) is 0.0588. The molecule has 266 valence electrons. The lowest BCUT2D eigenvalue weighted by molar-refractivity contribution is -0.215. The van der Waals surface area contributed by atoms with Gasteiger partial charge < -0.3 is 54.7 Å². The Morgan fingerprint density at radius 3 is 1.82 bits per heavy atom. The minimum Gasteiger partial charge on any atom is -0.504 e. The van der Waals surface area contributed by atoms with Crippen LogP contribution in [-0.4, -0.2) is 90.6 Å². The molecule has 0 radical (unpaired) electrons. The van der Waals surface area contributed by atoms with E-state index in [0.29, 0.717) is 16.7 Å². The molecule has 50 heavy (non-hydrogen) atoms. The van der Waals surface area contributed by atoms with Gasteiger partial charge in [-0.3, -0.25) is 9.59 Å². The highest BCUT2D eigenvalue weighted by Gasteiger charge is 2.56. The van der Waals surface area contributed by atoms with E-state index in [0.717, 1.165) is 6.08 Å². The van der Waals surface area contributed by atoms with Crippen molar-refractivity contribution in [3.63, 3.8) is 0 Å². The van der Waals surface area contributed by atoms with Crippen molar-refractivity contribution in [1.29, 1.82) is 0 Å². The number of aryl methyl sites for hydroxylation is 2. The Morgan fingerprint density at radius 1 is 0.740 bits per heavy atom. The van der Waals surface area contributed by atoms with Crippen molar-refractivity contribution in [2.75, 3.05) is 7.11 Å². The Balaban J connectivity index is 1.53. The molecule has 1 saturated carbocycles. The highest BCUT2D eigenvalue weighted by molar-refractivity contribution is 5.87.